The van der Waals surface area contributed by atoms with E-state index in [4.69, 9.17) is 12.2 Å². The molecular weight excluding hydrogens is 238 g/mol. The lowest BCUT2D eigenvalue weighted by atomic mass is 9.85. The predicted octanol–water partition coefficient (Wildman–Crippen LogP) is 3.10. The first kappa shape index (κ1) is 14.0. The maximum atomic E-state index is 11.7. The second-order valence-electron chi connectivity index (χ2n) is 4.71. The molecule has 0 aromatic heterocycles. The third kappa shape index (κ3) is 4.06. The molecule has 1 saturated carbocycles. The lowest BCUT2D eigenvalue weighted by Gasteiger charge is -2.29. The molecule has 1 atom stereocenters. The van der Waals surface area contributed by atoms with E-state index in [0.717, 1.165) is 4.32 Å². The summed E-state index contributed by atoms with van der Waals surface area (Å²) < 4.78 is 0.825. The van der Waals surface area contributed by atoms with Crippen molar-refractivity contribution in [2.24, 2.45) is 5.92 Å². The molecule has 0 aliphatic heterocycles. The molecule has 0 aromatic carbocycles. The molecule has 1 rings (SSSR count). The van der Waals surface area contributed by atoms with Gasteiger partial charge in [-0.2, -0.15) is 0 Å². The minimum absolute atomic E-state index is 0.0789. The van der Waals surface area contributed by atoms with Crippen LogP contribution in [0.1, 0.15) is 39.0 Å². The van der Waals surface area contributed by atoms with Crippen molar-refractivity contribution in [1.82, 2.24) is 4.90 Å². The van der Waals surface area contributed by atoms with E-state index in [0.29, 0.717) is 5.92 Å². The van der Waals surface area contributed by atoms with Crippen molar-refractivity contribution >= 4 is 34.1 Å². The minimum Gasteiger partial charge on any atom is -0.364 e. The number of rotatable bonds is 3. The highest BCUT2D eigenvalue weighted by molar-refractivity contribution is 8.23. The molecule has 0 radical (unpaired) electrons. The number of ketones is 1. The van der Waals surface area contributed by atoms with Crippen LogP contribution in [-0.4, -0.2) is 34.3 Å². The van der Waals surface area contributed by atoms with Gasteiger partial charge in [0.05, 0.1) is 5.25 Å². The van der Waals surface area contributed by atoms with Crippen LogP contribution in [0.5, 0.6) is 0 Å². The standard InChI is InChI=1S/C12H21NOS2/c1-9(14)11(16-12(15)13(2)3)10-7-5-4-6-8-10/h10-11H,4-8H2,1-3H3. The van der Waals surface area contributed by atoms with Gasteiger partial charge in [0.1, 0.15) is 10.1 Å². The van der Waals surface area contributed by atoms with E-state index in [-0.39, 0.29) is 11.0 Å². The molecule has 16 heavy (non-hydrogen) atoms. The summed E-state index contributed by atoms with van der Waals surface area (Å²) in [7, 11) is 3.88. The zero-order valence-electron chi connectivity index (χ0n) is 10.4. The zero-order chi connectivity index (χ0) is 12.1. The Kier molecular flexibility index (Phi) is 5.76. The Bertz CT molecular complexity index is 260. The molecule has 0 aromatic rings. The smallest absolute Gasteiger partial charge is 0.143 e. The Morgan fingerprint density at radius 2 is 1.88 bits per heavy atom. The van der Waals surface area contributed by atoms with Gasteiger partial charge in [-0.3, -0.25) is 4.79 Å². The average molecular weight is 259 g/mol. The van der Waals surface area contributed by atoms with Gasteiger partial charge in [-0.1, -0.05) is 43.2 Å². The number of thioether (sulfide) groups is 1. The van der Waals surface area contributed by atoms with Crippen LogP contribution in [0.2, 0.25) is 0 Å². The highest BCUT2D eigenvalue weighted by Gasteiger charge is 2.29. The predicted molar refractivity (Wildman–Crippen MR) is 74.9 cm³/mol. The van der Waals surface area contributed by atoms with Gasteiger partial charge in [0.2, 0.25) is 0 Å². The molecule has 1 aliphatic rings. The van der Waals surface area contributed by atoms with E-state index in [9.17, 15) is 4.79 Å². The molecule has 0 N–H and O–H groups in total. The lowest BCUT2D eigenvalue weighted by Crippen LogP contribution is -2.30. The molecule has 0 bridgehead atoms. The number of thiocarbonyl (C=S) groups is 1. The summed E-state index contributed by atoms with van der Waals surface area (Å²) in [5.41, 5.74) is 0. The van der Waals surface area contributed by atoms with Crippen molar-refractivity contribution in [2.75, 3.05) is 14.1 Å². The Labute approximate surface area is 108 Å². The molecule has 1 unspecified atom stereocenters. The summed E-state index contributed by atoms with van der Waals surface area (Å²) >= 11 is 6.85. The van der Waals surface area contributed by atoms with Crippen molar-refractivity contribution < 1.29 is 4.79 Å². The van der Waals surface area contributed by atoms with Crippen molar-refractivity contribution in [3.05, 3.63) is 0 Å². The number of carbonyl (C=O) groups excluding carboxylic acids is 1. The molecule has 2 nitrogen and oxygen atoms in total. The number of Topliss-reactive ketones (excluding diaryl/α,β-unsaturated/α-hetero) is 1. The quantitative estimate of drug-likeness (QED) is 0.725. The fraction of sp³-hybridized carbons (Fsp3) is 0.833. The van der Waals surface area contributed by atoms with Crippen LogP contribution in [0.4, 0.5) is 0 Å². The summed E-state index contributed by atoms with van der Waals surface area (Å²) in [6.45, 7) is 1.70. The summed E-state index contributed by atoms with van der Waals surface area (Å²) in [5.74, 6) is 0.815. The van der Waals surface area contributed by atoms with Crippen LogP contribution in [0.15, 0.2) is 0 Å². The van der Waals surface area contributed by atoms with E-state index in [2.05, 4.69) is 0 Å². The van der Waals surface area contributed by atoms with Crippen molar-refractivity contribution in [3.63, 3.8) is 0 Å². The normalized spacial score (nSPS) is 19.2. The van der Waals surface area contributed by atoms with Gasteiger partial charge >= 0.3 is 0 Å². The molecule has 1 fully saturated rings. The molecule has 0 saturated heterocycles. The first-order chi connectivity index (χ1) is 7.52. The van der Waals surface area contributed by atoms with Crippen LogP contribution in [0.3, 0.4) is 0 Å². The van der Waals surface area contributed by atoms with Gasteiger partial charge in [0.15, 0.2) is 0 Å². The summed E-state index contributed by atoms with van der Waals surface area (Å²) in [5, 5.41) is 0.0789. The Balaban J connectivity index is 2.59. The Morgan fingerprint density at radius 1 is 1.31 bits per heavy atom. The third-order valence-corrected chi connectivity index (χ3v) is 5.26. The molecule has 0 spiro atoms. The first-order valence-corrected chi connectivity index (χ1v) is 7.19. The van der Waals surface area contributed by atoms with Crippen LogP contribution >= 0.6 is 24.0 Å². The third-order valence-electron chi connectivity index (χ3n) is 3.07. The van der Waals surface area contributed by atoms with Crippen molar-refractivity contribution in [2.45, 2.75) is 44.3 Å². The summed E-state index contributed by atoms with van der Waals surface area (Å²) in [6.07, 6.45) is 6.23. The van der Waals surface area contributed by atoms with Crippen LogP contribution in [-0.2, 0) is 4.79 Å². The van der Waals surface area contributed by atoms with Crippen molar-refractivity contribution in [1.29, 1.82) is 0 Å². The zero-order valence-corrected chi connectivity index (χ0v) is 12.0. The fourth-order valence-corrected chi connectivity index (χ4v) is 3.53. The highest BCUT2D eigenvalue weighted by Crippen LogP contribution is 2.34. The van der Waals surface area contributed by atoms with Gasteiger partial charge in [-0.05, 0) is 25.7 Å². The molecule has 0 heterocycles. The minimum atomic E-state index is 0.0789. The van der Waals surface area contributed by atoms with E-state index < -0.39 is 0 Å². The van der Waals surface area contributed by atoms with E-state index in [1.165, 1.54) is 32.1 Å². The maximum Gasteiger partial charge on any atom is 0.143 e. The van der Waals surface area contributed by atoms with Gasteiger partial charge in [-0.25, -0.2) is 0 Å². The van der Waals surface area contributed by atoms with E-state index in [1.807, 2.05) is 19.0 Å². The highest BCUT2D eigenvalue weighted by atomic mass is 32.2. The SMILES string of the molecule is CC(=O)C(SC(=S)N(C)C)C1CCCCC1. The largest absolute Gasteiger partial charge is 0.364 e. The topological polar surface area (TPSA) is 20.3 Å². The number of hydrogen-bond donors (Lipinski definition) is 0. The number of nitrogens with zero attached hydrogens (tertiary/aromatic N) is 1. The van der Waals surface area contributed by atoms with Gasteiger partial charge in [0, 0.05) is 14.1 Å². The van der Waals surface area contributed by atoms with Crippen LogP contribution in [0.25, 0.3) is 0 Å². The van der Waals surface area contributed by atoms with Crippen LogP contribution in [0, 0.1) is 5.92 Å². The molecule has 0 amide bonds. The summed E-state index contributed by atoms with van der Waals surface area (Å²) in [6, 6.07) is 0. The summed E-state index contributed by atoms with van der Waals surface area (Å²) in [4.78, 5) is 13.6. The van der Waals surface area contributed by atoms with Gasteiger partial charge in [0.25, 0.3) is 0 Å². The lowest BCUT2D eigenvalue weighted by molar-refractivity contribution is -0.117. The molecule has 92 valence electrons. The second kappa shape index (κ2) is 6.60. The maximum absolute atomic E-state index is 11.7. The Hall–Kier alpha value is -0.0900. The van der Waals surface area contributed by atoms with E-state index >= 15 is 0 Å². The van der Waals surface area contributed by atoms with Crippen molar-refractivity contribution in [3.8, 4) is 0 Å². The second-order valence-corrected chi connectivity index (χ2v) is 6.48. The number of hydrogen-bond acceptors (Lipinski definition) is 3. The van der Waals surface area contributed by atoms with Gasteiger partial charge < -0.3 is 4.90 Å². The molecule has 1 aliphatic carbocycles. The number of carbonyl (C=O) groups is 1. The average Bonchev–Trinajstić information content (AvgIpc) is 2.26. The molecule has 4 heteroatoms. The fourth-order valence-electron chi connectivity index (χ4n) is 2.16. The first-order valence-electron chi connectivity index (χ1n) is 5.90. The van der Waals surface area contributed by atoms with Crippen LogP contribution < -0.4 is 0 Å². The monoisotopic (exact) mass is 259 g/mol. The molecular formula is C12H21NOS2. The Morgan fingerprint density at radius 3 is 2.31 bits per heavy atom. The van der Waals surface area contributed by atoms with E-state index in [1.54, 1.807) is 18.7 Å². The van der Waals surface area contributed by atoms with Gasteiger partial charge in [-0.15, -0.1) is 0 Å².